The highest BCUT2D eigenvalue weighted by atomic mass is 79.9. The lowest BCUT2D eigenvalue weighted by Crippen LogP contribution is -2.35. The molecule has 2 N–H and O–H groups in total. The van der Waals surface area contributed by atoms with Crippen molar-refractivity contribution >= 4 is 39.6 Å². The Balaban J connectivity index is 3.41. The Labute approximate surface area is 110 Å². The summed E-state index contributed by atoms with van der Waals surface area (Å²) >= 11 is 6.87. The molecular weight excluding hydrogens is 347 g/mol. The Bertz CT molecular complexity index is 529. The average Bonchev–Trinajstić information content (AvgIpc) is 2.21. The largest absolute Gasteiger partial charge is 0.390 e. The first-order valence-electron chi connectivity index (χ1n) is 4.19. The molecule has 1 heterocycles. The average molecular weight is 351 g/mol. The summed E-state index contributed by atoms with van der Waals surface area (Å²) in [5, 5.41) is -2.96. The van der Waals surface area contributed by atoms with Gasteiger partial charge in [0, 0.05) is 4.47 Å². The van der Waals surface area contributed by atoms with Gasteiger partial charge in [-0.1, -0.05) is 0 Å². The van der Waals surface area contributed by atoms with Gasteiger partial charge in [0.25, 0.3) is 5.56 Å². The summed E-state index contributed by atoms with van der Waals surface area (Å²) < 4.78 is 51.1. The zero-order valence-electron chi connectivity index (χ0n) is 8.24. The zero-order chi connectivity index (χ0) is 14.1. The van der Waals surface area contributed by atoms with Crippen LogP contribution in [0.15, 0.2) is 15.3 Å². The molecule has 0 bridgehead atoms. The van der Waals surface area contributed by atoms with E-state index >= 15 is 0 Å². The van der Waals surface area contributed by atoms with Crippen molar-refractivity contribution in [1.82, 2.24) is 4.98 Å². The monoisotopic (exact) mass is 350 g/mol. The molecule has 0 aromatic carbocycles. The van der Waals surface area contributed by atoms with Gasteiger partial charge in [0.05, 0.1) is 0 Å². The molecule has 1 amide bonds. The Morgan fingerprint density at radius 1 is 1.39 bits per heavy atom. The van der Waals surface area contributed by atoms with Gasteiger partial charge in [-0.25, -0.2) is 0 Å². The number of pyridine rings is 1. The number of amides is 1. The number of aromatic amines is 1. The van der Waals surface area contributed by atoms with E-state index in [1.54, 1.807) is 0 Å². The number of hydrogen-bond donors (Lipinski definition) is 2. The van der Waals surface area contributed by atoms with Gasteiger partial charge < -0.3 is 10.3 Å². The number of nitrogens with one attached hydrogen (secondary N) is 2. The highest BCUT2D eigenvalue weighted by Crippen LogP contribution is 2.46. The van der Waals surface area contributed by atoms with Crippen LogP contribution in [0.5, 0.6) is 0 Å². The highest BCUT2D eigenvalue weighted by Gasteiger charge is 2.58. The van der Waals surface area contributed by atoms with E-state index in [1.165, 1.54) is 4.98 Å². The third-order valence-corrected chi connectivity index (χ3v) is 2.74. The minimum Gasteiger partial charge on any atom is -0.324 e. The molecule has 0 atom stereocenters. The first-order chi connectivity index (χ1) is 8.11. The second-order valence-electron chi connectivity index (χ2n) is 3.07. The molecule has 0 aliphatic heterocycles. The number of aromatic nitrogens is 1. The van der Waals surface area contributed by atoms with E-state index in [0.717, 1.165) is 6.07 Å². The van der Waals surface area contributed by atoms with Crippen LogP contribution in [0.1, 0.15) is 5.69 Å². The Hall–Kier alpha value is -1.09. The van der Waals surface area contributed by atoms with Crippen LogP contribution in [0.4, 0.5) is 23.2 Å². The van der Waals surface area contributed by atoms with Crippen molar-refractivity contribution in [3.63, 3.8) is 0 Å². The normalized spacial score (nSPS) is 12.3. The van der Waals surface area contributed by atoms with Crippen LogP contribution in [0, 0.1) is 0 Å². The number of carbonyl (C=O) groups is 1. The molecule has 0 aliphatic carbocycles. The van der Waals surface area contributed by atoms with E-state index in [4.69, 9.17) is 0 Å². The lowest BCUT2D eigenvalue weighted by Gasteiger charge is -2.22. The molecule has 0 fully saturated rings. The van der Waals surface area contributed by atoms with Crippen LogP contribution in [0.25, 0.3) is 0 Å². The molecule has 0 aliphatic rings. The molecule has 100 valence electrons. The molecule has 18 heavy (non-hydrogen) atoms. The third kappa shape index (κ3) is 2.66. The fourth-order valence-electron chi connectivity index (χ4n) is 1.05. The number of halogens is 6. The summed E-state index contributed by atoms with van der Waals surface area (Å²) in [6.45, 7) is 0. The maximum Gasteiger partial charge on any atom is 0.390 e. The van der Waals surface area contributed by atoms with Crippen LogP contribution in [-0.4, -0.2) is 16.8 Å². The lowest BCUT2D eigenvalue weighted by atomic mass is 10.2. The van der Waals surface area contributed by atoms with Crippen molar-refractivity contribution in [3.8, 4) is 0 Å². The maximum absolute atomic E-state index is 13.2. The number of H-pyrrole nitrogens is 1. The quantitative estimate of drug-likeness (QED) is 0.498. The molecule has 1 rings (SSSR count). The highest BCUT2D eigenvalue weighted by molar-refractivity contribution is 9.10. The predicted molar refractivity (Wildman–Crippen MR) is 59.1 cm³/mol. The number of hydrogen-bond acceptors (Lipinski definition) is 2. The summed E-state index contributed by atoms with van der Waals surface area (Å²) in [4.78, 5) is 22.9. The van der Waals surface area contributed by atoms with E-state index in [0.29, 0.717) is 0 Å². The molecule has 0 saturated heterocycles. The van der Waals surface area contributed by atoms with Crippen LogP contribution in [0.2, 0.25) is 0 Å². The second-order valence-corrected chi connectivity index (χ2v) is 4.40. The van der Waals surface area contributed by atoms with Crippen LogP contribution in [0.3, 0.4) is 0 Å². The van der Waals surface area contributed by atoms with Gasteiger partial charge in [-0.2, -0.15) is 17.6 Å². The van der Waals surface area contributed by atoms with Gasteiger partial charge >= 0.3 is 11.3 Å². The Kier molecular flexibility index (Phi) is 4.06. The summed E-state index contributed by atoms with van der Waals surface area (Å²) in [5.74, 6) is -4.79. The van der Waals surface area contributed by atoms with E-state index in [2.05, 4.69) is 27.5 Å². The van der Waals surface area contributed by atoms with Crippen molar-refractivity contribution < 1.29 is 22.4 Å². The van der Waals surface area contributed by atoms with Crippen molar-refractivity contribution in [2.75, 3.05) is 5.32 Å². The van der Waals surface area contributed by atoms with E-state index < -0.39 is 27.0 Å². The van der Waals surface area contributed by atoms with Gasteiger partial charge in [0.1, 0.15) is 11.4 Å². The predicted octanol–water partition coefficient (Wildman–Crippen LogP) is 2.63. The van der Waals surface area contributed by atoms with Gasteiger partial charge in [-0.15, -0.1) is 0 Å². The minimum atomic E-state index is -4.88. The smallest absolute Gasteiger partial charge is 0.324 e. The molecule has 4 nitrogen and oxygen atoms in total. The Morgan fingerprint density at radius 3 is 2.39 bits per heavy atom. The first kappa shape index (κ1) is 15.0. The van der Waals surface area contributed by atoms with Gasteiger partial charge in [-0.3, -0.25) is 9.59 Å². The van der Waals surface area contributed by atoms with Crippen LogP contribution >= 0.6 is 27.5 Å². The number of alkyl halides is 5. The summed E-state index contributed by atoms with van der Waals surface area (Å²) in [7, 11) is 0. The zero-order valence-corrected chi connectivity index (χ0v) is 10.6. The number of carbonyl (C=O) groups excluding carboxylic acids is 1. The summed E-state index contributed by atoms with van der Waals surface area (Å²) in [6.07, 6.45) is 0.130. The molecule has 1 aromatic heterocycles. The van der Waals surface area contributed by atoms with Gasteiger partial charge in [0.2, 0.25) is 6.41 Å². The van der Waals surface area contributed by atoms with Crippen LogP contribution < -0.4 is 10.9 Å². The molecule has 0 spiro atoms. The fraction of sp³-hybridized carbons (Fsp3) is 0.250. The third-order valence-electron chi connectivity index (χ3n) is 1.88. The van der Waals surface area contributed by atoms with Crippen LogP contribution in [-0.2, 0) is 10.7 Å². The Morgan fingerprint density at radius 2 is 1.94 bits per heavy atom. The maximum atomic E-state index is 13.2. The lowest BCUT2D eigenvalue weighted by molar-refractivity contribution is -0.167. The minimum absolute atomic E-state index is 0.130. The van der Waals surface area contributed by atoms with Crippen molar-refractivity contribution in [1.29, 1.82) is 0 Å². The number of anilines is 1. The van der Waals surface area contributed by atoms with E-state index in [9.17, 15) is 27.2 Å². The first-order valence-corrected chi connectivity index (χ1v) is 5.36. The molecule has 10 heteroatoms. The van der Waals surface area contributed by atoms with Gasteiger partial charge in [-0.05, 0) is 33.6 Å². The summed E-state index contributed by atoms with van der Waals surface area (Å²) in [6, 6.07) is 0.763. The molecule has 0 saturated carbocycles. The standard InChI is InChI=1S/C8H4BrClF4N2O2/c9-3-1-4(15-2-17)6(18)16-5(3)7(11,12)8(10,13)14/h1-2H,(H,15,17)(H,16,18). The van der Waals surface area contributed by atoms with E-state index in [-0.39, 0.29) is 12.1 Å². The molecule has 1 aromatic rings. The van der Waals surface area contributed by atoms with Crippen molar-refractivity contribution in [2.24, 2.45) is 0 Å². The van der Waals surface area contributed by atoms with Crippen molar-refractivity contribution in [3.05, 3.63) is 26.6 Å². The summed E-state index contributed by atoms with van der Waals surface area (Å²) in [5.41, 5.74) is -2.93. The van der Waals surface area contributed by atoms with Crippen molar-refractivity contribution in [2.45, 2.75) is 11.3 Å². The molecular formula is C8H4BrClF4N2O2. The fourth-order valence-corrected chi connectivity index (χ4v) is 1.72. The molecule has 0 radical (unpaired) electrons. The molecule has 0 unspecified atom stereocenters. The SMILES string of the molecule is O=CNc1cc(Br)c(C(F)(F)C(F)(F)Cl)[nH]c1=O. The second kappa shape index (κ2) is 4.88. The van der Waals surface area contributed by atoms with E-state index in [1.807, 2.05) is 5.32 Å². The number of rotatable bonds is 4. The van der Waals surface area contributed by atoms with Gasteiger partial charge in [0.15, 0.2) is 0 Å². The topological polar surface area (TPSA) is 62.0 Å².